The highest BCUT2D eigenvalue weighted by atomic mass is 16.5. The van der Waals surface area contributed by atoms with Crippen molar-refractivity contribution in [2.45, 2.75) is 6.92 Å². The Kier molecular flexibility index (Phi) is 1.76. The van der Waals surface area contributed by atoms with Crippen molar-refractivity contribution in [2.24, 2.45) is 0 Å². The Morgan fingerprint density at radius 1 is 1.70 bits per heavy atom. The highest BCUT2D eigenvalue weighted by Gasteiger charge is 2.03. The first-order chi connectivity index (χ1) is 4.75. The normalized spacial score (nSPS) is 9.40. The van der Waals surface area contributed by atoms with Crippen molar-refractivity contribution in [3.63, 3.8) is 0 Å². The molecule has 1 aromatic heterocycles. The predicted molar refractivity (Wildman–Crippen MR) is 37.0 cm³/mol. The number of ether oxygens (including phenoxy) is 1. The van der Waals surface area contributed by atoms with Crippen LogP contribution in [0.2, 0.25) is 0 Å². The van der Waals surface area contributed by atoms with Crippen LogP contribution in [-0.2, 0) is 4.74 Å². The van der Waals surface area contributed by atoms with Gasteiger partial charge in [0.25, 0.3) is 0 Å². The highest BCUT2D eigenvalue weighted by Crippen LogP contribution is 1.99. The molecule has 0 saturated heterocycles. The molecule has 0 saturated carbocycles. The van der Waals surface area contributed by atoms with Crippen LogP contribution < -0.4 is 0 Å². The smallest absolute Gasteiger partial charge is 0.417 e. The van der Waals surface area contributed by atoms with Crippen molar-refractivity contribution in [3.8, 4) is 0 Å². The molecule has 0 aromatic carbocycles. The van der Waals surface area contributed by atoms with Gasteiger partial charge >= 0.3 is 6.09 Å². The quantitative estimate of drug-likeness (QED) is 0.544. The number of aromatic nitrogens is 1. The van der Waals surface area contributed by atoms with E-state index >= 15 is 0 Å². The van der Waals surface area contributed by atoms with E-state index in [-0.39, 0.29) is 6.09 Å². The van der Waals surface area contributed by atoms with Crippen molar-refractivity contribution in [1.29, 1.82) is 0 Å². The van der Waals surface area contributed by atoms with Crippen LogP contribution in [0.25, 0.3) is 0 Å². The van der Waals surface area contributed by atoms with Crippen LogP contribution in [0.4, 0.5) is 4.79 Å². The van der Waals surface area contributed by atoms with Gasteiger partial charge in [-0.05, 0) is 19.1 Å². The van der Waals surface area contributed by atoms with Crippen LogP contribution in [0.3, 0.4) is 0 Å². The fourth-order valence-electron chi connectivity index (χ4n) is 0.769. The molecular formula is C7H9NO2. The number of aryl methyl sites for hydroxylation is 1. The maximum Gasteiger partial charge on any atom is 0.417 e. The Morgan fingerprint density at radius 2 is 2.40 bits per heavy atom. The Hall–Kier alpha value is -1.25. The molecule has 3 heteroatoms. The molecule has 0 aliphatic rings. The van der Waals surface area contributed by atoms with Gasteiger partial charge in [0.15, 0.2) is 0 Å². The minimum Gasteiger partial charge on any atom is -0.452 e. The lowest BCUT2D eigenvalue weighted by Crippen LogP contribution is -2.10. The maximum atomic E-state index is 10.8. The van der Waals surface area contributed by atoms with Crippen LogP contribution in [-0.4, -0.2) is 17.8 Å². The number of methoxy groups -OCH3 is 1. The third-order valence-corrected chi connectivity index (χ3v) is 1.32. The molecule has 1 rings (SSSR count). The Bertz CT molecular complexity index is 240. The fraction of sp³-hybridized carbons (Fsp3) is 0.286. The zero-order valence-corrected chi connectivity index (χ0v) is 6.00. The van der Waals surface area contributed by atoms with E-state index in [1.165, 1.54) is 11.7 Å². The van der Waals surface area contributed by atoms with Crippen molar-refractivity contribution >= 4 is 6.09 Å². The van der Waals surface area contributed by atoms with Crippen molar-refractivity contribution in [2.75, 3.05) is 7.11 Å². The number of carbonyl (C=O) groups excluding carboxylic acids is 1. The first kappa shape index (κ1) is 6.86. The topological polar surface area (TPSA) is 31.2 Å². The number of carbonyl (C=O) groups is 1. The summed E-state index contributed by atoms with van der Waals surface area (Å²) >= 11 is 0. The van der Waals surface area contributed by atoms with E-state index in [0.717, 1.165) is 5.69 Å². The Morgan fingerprint density at radius 3 is 2.80 bits per heavy atom. The molecule has 0 bridgehead atoms. The largest absolute Gasteiger partial charge is 0.452 e. The van der Waals surface area contributed by atoms with Crippen molar-refractivity contribution < 1.29 is 9.53 Å². The average Bonchev–Trinajstić information content (AvgIpc) is 2.34. The van der Waals surface area contributed by atoms with Gasteiger partial charge in [-0.3, -0.25) is 4.57 Å². The van der Waals surface area contributed by atoms with Crippen LogP contribution in [0.5, 0.6) is 0 Å². The second-order valence-electron chi connectivity index (χ2n) is 1.99. The molecular weight excluding hydrogens is 130 g/mol. The molecule has 0 N–H and O–H groups in total. The van der Waals surface area contributed by atoms with Gasteiger partial charge in [0.1, 0.15) is 0 Å². The molecule has 0 spiro atoms. The molecule has 10 heavy (non-hydrogen) atoms. The van der Waals surface area contributed by atoms with E-state index < -0.39 is 0 Å². The van der Waals surface area contributed by atoms with Crippen LogP contribution in [0.1, 0.15) is 5.69 Å². The molecule has 0 fully saturated rings. The second kappa shape index (κ2) is 2.56. The molecule has 0 aliphatic heterocycles. The number of hydrogen-bond donors (Lipinski definition) is 0. The lowest BCUT2D eigenvalue weighted by molar-refractivity contribution is 0.172. The fourth-order valence-corrected chi connectivity index (χ4v) is 0.769. The van der Waals surface area contributed by atoms with E-state index in [0.29, 0.717) is 0 Å². The summed E-state index contributed by atoms with van der Waals surface area (Å²) in [6, 6.07) is 3.64. The van der Waals surface area contributed by atoms with E-state index in [9.17, 15) is 4.79 Å². The SMILES string of the molecule is COC(=O)n1cccc1C. The first-order valence-electron chi connectivity index (χ1n) is 2.98. The van der Waals surface area contributed by atoms with Crippen LogP contribution >= 0.6 is 0 Å². The van der Waals surface area contributed by atoms with Gasteiger partial charge in [0.2, 0.25) is 0 Å². The van der Waals surface area contributed by atoms with E-state index in [2.05, 4.69) is 4.74 Å². The van der Waals surface area contributed by atoms with Gasteiger partial charge < -0.3 is 4.74 Å². The summed E-state index contributed by atoms with van der Waals surface area (Å²) in [7, 11) is 1.36. The van der Waals surface area contributed by atoms with Gasteiger partial charge in [0.05, 0.1) is 7.11 Å². The summed E-state index contributed by atoms with van der Waals surface area (Å²) in [4.78, 5) is 10.8. The van der Waals surface area contributed by atoms with Gasteiger partial charge in [0, 0.05) is 11.9 Å². The van der Waals surface area contributed by atoms with E-state index in [1.807, 2.05) is 13.0 Å². The van der Waals surface area contributed by atoms with E-state index in [4.69, 9.17) is 0 Å². The molecule has 0 amide bonds. The summed E-state index contributed by atoms with van der Waals surface area (Å²) in [5, 5.41) is 0. The molecule has 3 nitrogen and oxygen atoms in total. The van der Waals surface area contributed by atoms with Crippen molar-refractivity contribution in [3.05, 3.63) is 24.0 Å². The van der Waals surface area contributed by atoms with E-state index in [1.54, 1.807) is 12.3 Å². The third kappa shape index (κ3) is 1.03. The zero-order valence-electron chi connectivity index (χ0n) is 6.00. The minimum absolute atomic E-state index is 0.345. The zero-order chi connectivity index (χ0) is 7.56. The van der Waals surface area contributed by atoms with Gasteiger partial charge in [-0.1, -0.05) is 0 Å². The highest BCUT2D eigenvalue weighted by molar-refractivity contribution is 5.71. The lowest BCUT2D eigenvalue weighted by Gasteiger charge is -2.00. The number of hydrogen-bond acceptors (Lipinski definition) is 2. The third-order valence-electron chi connectivity index (χ3n) is 1.32. The second-order valence-corrected chi connectivity index (χ2v) is 1.99. The molecule has 0 radical (unpaired) electrons. The molecule has 0 atom stereocenters. The molecule has 0 unspecified atom stereocenters. The minimum atomic E-state index is -0.345. The lowest BCUT2D eigenvalue weighted by atomic mass is 10.5. The molecule has 0 aliphatic carbocycles. The first-order valence-corrected chi connectivity index (χ1v) is 2.98. The summed E-state index contributed by atoms with van der Waals surface area (Å²) in [6.45, 7) is 1.84. The molecule has 1 heterocycles. The molecule has 1 aromatic rings. The average molecular weight is 139 g/mol. The van der Waals surface area contributed by atoms with Gasteiger partial charge in [-0.2, -0.15) is 0 Å². The summed E-state index contributed by atoms with van der Waals surface area (Å²) in [5.74, 6) is 0. The standard InChI is InChI=1S/C7H9NO2/c1-6-4-3-5-8(6)7(9)10-2/h3-5H,1-2H3. The monoisotopic (exact) mass is 139 g/mol. The van der Waals surface area contributed by atoms with Crippen LogP contribution in [0, 0.1) is 6.92 Å². The Balaban J connectivity index is 2.93. The number of nitrogens with zero attached hydrogens (tertiary/aromatic N) is 1. The number of rotatable bonds is 0. The summed E-state index contributed by atoms with van der Waals surface area (Å²) in [5.41, 5.74) is 0.881. The summed E-state index contributed by atoms with van der Waals surface area (Å²) in [6.07, 6.45) is 1.32. The predicted octanol–water partition coefficient (Wildman–Crippen LogP) is 1.41. The van der Waals surface area contributed by atoms with Crippen LogP contribution in [0.15, 0.2) is 18.3 Å². The Labute approximate surface area is 59.2 Å². The summed E-state index contributed by atoms with van der Waals surface area (Å²) < 4.78 is 5.94. The van der Waals surface area contributed by atoms with Gasteiger partial charge in [-0.15, -0.1) is 0 Å². The molecule has 54 valence electrons. The maximum absolute atomic E-state index is 10.8. The van der Waals surface area contributed by atoms with Crippen molar-refractivity contribution in [1.82, 2.24) is 4.57 Å². The van der Waals surface area contributed by atoms with Gasteiger partial charge in [-0.25, -0.2) is 4.79 Å².